The highest BCUT2D eigenvalue weighted by molar-refractivity contribution is 5.75. The van der Waals surface area contributed by atoms with Crippen LogP contribution in [-0.4, -0.2) is 62.0 Å². The Hall–Kier alpha value is -0.610. The van der Waals surface area contributed by atoms with Crippen molar-refractivity contribution in [1.82, 2.24) is 15.1 Å². The summed E-state index contributed by atoms with van der Waals surface area (Å²) in [6.45, 7) is 4.22. The zero-order chi connectivity index (χ0) is 12.1. The van der Waals surface area contributed by atoms with Crippen molar-refractivity contribution < 1.29 is 4.79 Å². The average Bonchev–Trinajstić information content (AvgIpc) is 2.23. The van der Waals surface area contributed by atoms with E-state index < -0.39 is 0 Å². The number of carbonyl (C=O) groups excluding carboxylic acids is 1. The molecule has 1 saturated heterocycles. The molecule has 2 unspecified atom stereocenters. The molecular formula is C12H25N3O. The van der Waals surface area contributed by atoms with Crippen LogP contribution >= 0.6 is 0 Å². The number of amides is 1. The predicted molar refractivity (Wildman–Crippen MR) is 66.4 cm³/mol. The Kier molecular flexibility index (Phi) is 5.22. The van der Waals surface area contributed by atoms with Gasteiger partial charge in [0.15, 0.2) is 0 Å². The number of piperidine rings is 1. The van der Waals surface area contributed by atoms with Crippen molar-refractivity contribution in [3.8, 4) is 0 Å². The number of hydrogen-bond donors (Lipinski definition) is 1. The summed E-state index contributed by atoms with van der Waals surface area (Å²) in [6.07, 6.45) is 2.98. The molecule has 0 aromatic heterocycles. The second kappa shape index (κ2) is 6.21. The molecule has 4 heteroatoms. The lowest BCUT2D eigenvalue weighted by Gasteiger charge is -2.35. The Labute approximate surface area is 99.0 Å². The summed E-state index contributed by atoms with van der Waals surface area (Å²) in [5, 5.41) is 3.48. The summed E-state index contributed by atoms with van der Waals surface area (Å²) >= 11 is 0. The molecule has 0 spiro atoms. The zero-order valence-corrected chi connectivity index (χ0v) is 11.0. The first-order valence-corrected chi connectivity index (χ1v) is 6.14. The highest BCUT2D eigenvalue weighted by atomic mass is 16.2. The molecule has 16 heavy (non-hydrogen) atoms. The molecule has 2 atom stereocenters. The van der Waals surface area contributed by atoms with Gasteiger partial charge in [-0.15, -0.1) is 0 Å². The maximum absolute atomic E-state index is 11.4. The van der Waals surface area contributed by atoms with Crippen molar-refractivity contribution in [2.24, 2.45) is 0 Å². The third-order valence-electron chi connectivity index (χ3n) is 3.48. The van der Waals surface area contributed by atoms with Gasteiger partial charge < -0.3 is 15.1 Å². The number of rotatable bonds is 4. The smallest absolute Gasteiger partial charge is 0.223 e. The van der Waals surface area contributed by atoms with E-state index in [0.717, 1.165) is 13.1 Å². The minimum absolute atomic E-state index is 0.202. The second-order valence-electron chi connectivity index (χ2n) is 5.04. The SMILES string of the molecule is CC1CC(NCCC(=O)N(C)C)CCN1C. The third-order valence-corrected chi connectivity index (χ3v) is 3.48. The molecule has 1 aliphatic heterocycles. The van der Waals surface area contributed by atoms with E-state index in [-0.39, 0.29) is 5.91 Å². The zero-order valence-electron chi connectivity index (χ0n) is 11.0. The fraction of sp³-hybridized carbons (Fsp3) is 0.917. The van der Waals surface area contributed by atoms with Gasteiger partial charge in [-0.05, 0) is 33.4 Å². The maximum Gasteiger partial charge on any atom is 0.223 e. The van der Waals surface area contributed by atoms with E-state index in [1.807, 2.05) is 0 Å². The fourth-order valence-corrected chi connectivity index (χ4v) is 2.08. The molecule has 1 heterocycles. The first-order valence-electron chi connectivity index (χ1n) is 6.14. The van der Waals surface area contributed by atoms with Crippen LogP contribution in [0.4, 0.5) is 0 Å². The van der Waals surface area contributed by atoms with Crippen molar-refractivity contribution in [1.29, 1.82) is 0 Å². The number of nitrogens with zero attached hydrogens (tertiary/aromatic N) is 2. The van der Waals surface area contributed by atoms with Gasteiger partial charge in [0.2, 0.25) is 5.91 Å². The van der Waals surface area contributed by atoms with Crippen molar-refractivity contribution in [2.45, 2.75) is 38.3 Å². The number of hydrogen-bond acceptors (Lipinski definition) is 3. The Morgan fingerprint density at radius 1 is 1.50 bits per heavy atom. The third kappa shape index (κ3) is 4.10. The number of nitrogens with one attached hydrogen (secondary N) is 1. The van der Waals surface area contributed by atoms with E-state index in [9.17, 15) is 4.79 Å². The largest absolute Gasteiger partial charge is 0.349 e. The normalized spacial score (nSPS) is 26.8. The van der Waals surface area contributed by atoms with Crippen LogP contribution in [0.5, 0.6) is 0 Å². The Morgan fingerprint density at radius 3 is 2.75 bits per heavy atom. The average molecular weight is 227 g/mol. The number of carbonyl (C=O) groups is 1. The standard InChI is InChI=1S/C12H25N3O/c1-10-9-11(6-8-15(10)4)13-7-5-12(16)14(2)3/h10-11,13H,5-9H2,1-4H3. The van der Waals surface area contributed by atoms with Crippen molar-refractivity contribution in [3.63, 3.8) is 0 Å². The Bertz CT molecular complexity index is 230. The minimum Gasteiger partial charge on any atom is -0.349 e. The van der Waals surface area contributed by atoms with Gasteiger partial charge in [0, 0.05) is 39.1 Å². The molecule has 1 rings (SSSR count). The molecule has 1 aliphatic rings. The van der Waals surface area contributed by atoms with Crippen LogP contribution in [0.2, 0.25) is 0 Å². The Morgan fingerprint density at radius 2 is 2.19 bits per heavy atom. The summed E-state index contributed by atoms with van der Waals surface area (Å²) in [7, 11) is 5.79. The second-order valence-corrected chi connectivity index (χ2v) is 5.04. The van der Waals surface area contributed by atoms with Gasteiger partial charge >= 0.3 is 0 Å². The van der Waals surface area contributed by atoms with Crippen LogP contribution in [0.3, 0.4) is 0 Å². The molecule has 0 aliphatic carbocycles. The molecule has 4 nitrogen and oxygen atoms in total. The van der Waals surface area contributed by atoms with Crippen molar-refractivity contribution >= 4 is 5.91 Å². The molecule has 0 bridgehead atoms. The van der Waals surface area contributed by atoms with Gasteiger partial charge in [0.05, 0.1) is 0 Å². The van der Waals surface area contributed by atoms with Crippen molar-refractivity contribution in [2.75, 3.05) is 34.2 Å². The van der Waals surface area contributed by atoms with Crippen LogP contribution in [0.1, 0.15) is 26.2 Å². The van der Waals surface area contributed by atoms with Gasteiger partial charge in [-0.2, -0.15) is 0 Å². The maximum atomic E-state index is 11.4. The van der Waals surface area contributed by atoms with Gasteiger partial charge in [0.1, 0.15) is 0 Å². The lowest BCUT2D eigenvalue weighted by atomic mass is 9.99. The van der Waals surface area contributed by atoms with Crippen LogP contribution in [0, 0.1) is 0 Å². The van der Waals surface area contributed by atoms with E-state index in [2.05, 4.69) is 24.2 Å². The molecule has 0 saturated carbocycles. The molecule has 1 N–H and O–H groups in total. The predicted octanol–water partition coefficient (Wildman–Crippen LogP) is 0.537. The van der Waals surface area contributed by atoms with Crippen LogP contribution < -0.4 is 5.32 Å². The molecule has 0 radical (unpaired) electrons. The Balaban J connectivity index is 2.16. The minimum atomic E-state index is 0.202. The monoisotopic (exact) mass is 227 g/mol. The summed E-state index contributed by atoms with van der Waals surface area (Å²) in [5.74, 6) is 0.202. The van der Waals surface area contributed by atoms with Gasteiger partial charge in [-0.1, -0.05) is 0 Å². The first-order chi connectivity index (χ1) is 7.50. The lowest BCUT2D eigenvalue weighted by Crippen LogP contribution is -2.46. The van der Waals surface area contributed by atoms with E-state index in [4.69, 9.17) is 0 Å². The van der Waals surface area contributed by atoms with Crippen LogP contribution in [-0.2, 0) is 4.79 Å². The topological polar surface area (TPSA) is 35.6 Å². The van der Waals surface area contributed by atoms with Gasteiger partial charge in [0.25, 0.3) is 0 Å². The van der Waals surface area contributed by atoms with Gasteiger partial charge in [-0.25, -0.2) is 0 Å². The number of likely N-dealkylation sites (tertiary alicyclic amines) is 1. The molecule has 1 amide bonds. The first kappa shape index (κ1) is 13.5. The molecule has 0 aromatic carbocycles. The molecule has 0 aromatic rings. The van der Waals surface area contributed by atoms with Gasteiger partial charge in [-0.3, -0.25) is 4.79 Å². The van der Waals surface area contributed by atoms with Crippen LogP contribution in [0.15, 0.2) is 0 Å². The quantitative estimate of drug-likeness (QED) is 0.761. The van der Waals surface area contributed by atoms with Crippen LogP contribution in [0.25, 0.3) is 0 Å². The molecular weight excluding hydrogens is 202 g/mol. The van der Waals surface area contributed by atoms with E-state index in [0.29, 0.717) is 18.5 Å². The lowest BCUT2D eigenvalue weighted by molar-refractivity contribution is -0.128. The summed E-state index contributed by atoms with van der Waals surface area (Å²) in [5.41, 5.74) is 0. The highest BCUT2D eigenvalue weighted by Gasteiger charge is 2.22. The summed E-state index contributed by atoms with van der Waals surface area (Å²) in [6, 6.07) is 1.23. The van der Waals surface area contributed by atoms with Crippen molar-refractivity contribution in [3.05, 3.63) is 0 Å². The summed E-state index contributed by atoms with van der Waals surface area (Å²) < 4.78 is 0. The molecule has 1 fully saturated rings. The highest BCUT2D eigenvalue weighted by Crippen LogP contribution is 2.14. The van der Waals surface area contributed by atoms with E-state index in [1.54, 1.807) is 19.0 Å². The van der Waals surface area contributed by atoms with E-state index in [1.165, 1.54) is 12.8 Å². The fourth-order valence-electron chi connectivity index (χ4n) is 2.08. The molecule has 94 valence electrons. The van der Waals surface area contributed by atoms with E-state index >= 15 is 0 Å². The summed E-state index contributed by atoms with van der Waals surface area (Å²) in [4.78, 5) is 15.4.